The fraction of sp³-hybridized carbons (Fsp3) is 0.316. The second kappa shape index (κ2) is 8.04. The lowest BCUT2D eigenvalue weighted by molar-refractivity contribution is 0.143. The molecule has 3 aromatic rings. The number of aromatic nitrogens is 3. The predicted molar refractivity (Wildman–Crippen MR) is 107 cm³/mol. The largest absolute Gasteiger partial charge is 0.495 e. The molecule has 4 rings (SSSR count). The third kappa shape index (κ3) is 3.88. The number of amides is 2. The first-order valence-electron chi connectivity index (χ1n) is 9.03. The van der Waals surface area contributed by atoms with Crippen LogP contribution >= 0.6 is 11.6 Å². The fourth-order valence-corrected chi connectivity index (χ4v) is 3.56. The molecule has 0 radical (unpaired) electrons. The van der Waals surface area contributed by atoms with Gasteiger partial charge in [-0.05, 0) is 29.8 Å². The van der Waals surface area contributed by atoms with Crippen LogP contribution in [0.4, 0.5) is 10.6 Å². The van der Waals surface area contributed by atoms with E-state index in [-0.39, 0.29) is 6.03 Å². The Bertz CT molecular complexity index is 983. The van der Waals surface area contributed by atoms with E-state index in [4.69, 9.17) is 16.3 Å². The summed E-state index contributed by atoms with van der Waals surface area (Å²) < 4.78 is 6.81. The average Bonchev–Trinajstić information content (AvgIpc) is 3.12. The number of benzene rings is 1. The first-order valence-corrected chi connectivity index (χ1v) is 9.41. The molecule has 0 saturated carbocycles. The molecule has 2 aromatic heterocycles. The van der Waals surface area contributed by atoms with Crippen LogP contribution < -0.4 is 10.1 Å². The molecule has 1 fully saturated rings. The highest BCUT2D eigenvalue weighted by Crippen LogP contribution is 2.25. The summed E-state index contributed by atoms with van der Waals surface area (Å²) in [5.74, 6) is 1.24. The molecule has 1 aromatic carbocycles. The number of hydrogen-bond donors (Lipinski definition) is 1. The lowest BCUT2D eigenvalue weighted by Gasteiger charge is -2.34. The monoisotopic (exact) mass is 400 g/mol. The van der Waals surface area contributed by atoms with Gasteiger partial charge in [0.05, 0.1) is 18.3 Å². The molecule has 9 heteroatoms. The van der Waals surface area contributed by atoms with Crippen molar-refractivity contribution < 1.29 is 9.53 Å². The van der Waals surface area contributed by atoms with E-state index in [1.807, 2.05) is 30.3 Å². The Balaban J connectivity index is 1.32. The molecule has 3 heterocycles. The maximum atomic E-state index is 12.6. The molecular weight excluding hydrogens is 380 g/mol. The molecule has 8 nitrogen and oxygen atoms in total. The number of imidazole rings is 1. The molecule has 2 amide bonds. The zero-order chi connectivity index (χ0) is 19.5. The van der Waals surface area contributed by atoms with Crippen LogP contribution in [0, 0.1) is 0 Å². The van der Waals surface area contributed by atoms with Gasteiger partial charge in [-0.3, -0.25) is 10.2 Å². The summed E-state index contributed by atoms with van der Waals surface area (Å²) in [4.78, 5) is 20.9. The number of ether oxygens (including phenoxy) is 1. The molecule has 0 spiro atoms. The van der Waals surface area contributed by atoms with Crippen molar-refractivity contribution in [2.75, 3.05) is 38.6 Å². The molecule has 1 saturated heterocycles. The summed E-state index contributed by atoms with van der Waals surface area (Å²) in [6.45, 7) is 3.68. The first kappa shape index (κ1) is 18.5. The van der Waals surface area contributed by atoms with Gasteiger partial charge in [-0.25, -0.2) is 9.78 Å². The number of anilines is 1. The van der Waals surface area contributed by atoms with Crippen LogP contribution in [0.1, 0.15) is 5.56 Å². The van der Waals surface area contributed by atoms with Gasteiger partial charge in [-0.2, -0.15) is 9.61 Å². The summed E-state index contributed by atoms with van der Waals surface area (Å²) in [5, 5.41) is 7.72. The summed E-state index contributed by atoms with van der Waals surface area (Å²) in [6, 6.07) is 9.33. The first-order chi connectivity index (χ1) is 13.6. The van der Waals surface area contributed by atoms with Crippen molar-refractivity contribution in [1.82, 2.24) is 24.4 Å². The van der Waals surface area contributed by atoms with Gasteiger partial charge in [0.25, 0.3) is 0 Å². The third-order valence-electron chi connectivity index (χ3n) is 4.79. The van der Waals surface area contributed by atoms with E-state index in [2.05, 4.69) is 20.3 Å². The second-order valence-corrected chi connectivity index (χ2v) is 7.01. The van der Waals surface area contributed by atoms with Gasteiger partial charge in [-0.15, -0.1) is 0 Å². The highest BCUT2D eigenvalue weighted by atomic mass is 35.5. The number of rotatable bonds is 4. The molecule has 0 bridgehead atoms. The van der Waals surface area contributed by atoms with Crippen molar-refractivity contribution in [3.63, 3.8) is 0 Å². The second-order valence-electron chi connectivity index (χ2n) is 6.60. The Morgan fingerprint density at radius 1 is 1.25 bits per heavy atom. The smallest absolute Gasteiger partial charge is 0.323 e. The molecule has 1 aliphatic rings. The normalized spacial score (nSPS) is 15.0. The molecule has 146 valence electrons. The molecule has 0 atom stereocenters. The van der Waals surface area contributed by atoms with Crippen LogP contribution in [0.15, 0.2) is 42.7 Å². The minimum absolute atomic E-state index is 0.139. The number of urea groups is 1. The van der Waals surface area contributed by atoms with E-state index in [1.54, 1.807) is 28.9 Å². The van der Waals surface area contributed by atoms with Gasteiger partial charge in [-0.1, -0.05) is 17.7 Å². The number of piperazine rings is 1. The zero-order valence-electron chi connectivity index (χ0n) is 15.5. The number of methoxy groups -OCH3 is 1. The van der Waals surface area contributed by atoms with Crippen molar-refractivity contribution in [2.24, 2.45) is 0 Å². The van der Waals surface area contributed by atoms with E-state index in [9.17, 15) is 4.79 Å². The van der Waals surface area contributed by atoms with Gasteiger partial charge in [0.1, 0.15) is 5.75 Å². The van der Waals surface area contributed by atoms with Crippen LogP contribution in [0.3, 0.4) is 0 Å². The van der Waals surface area contributed by atoms with Crippen molar-refractivity contribution in [2.45, 2.75) is 6.54 Å². The third-order valence-corrected chi connectivity index (χ3v) is 5.09. The Morgan fingerprint density at radius 3 is 2.82 bits per heavy atom. The maximum absolute atomic E-state index is 12.6. The lowest BCUT2D eigenvalue weighted by Crippen LogP contribution is -2.49. The van der Waals surface area contributed by atoms with Crippen LogP contribution in [-0.2, 0) is 6.54 Å². The SMILES string of the molecule is COc1ccc(CN2CCN(C(=O)Nc3cnc4cccnn34)CC2)cc1Cl. The van der Waals surface area contributed by atoms with E-state index >= 15 is 0 Å². The Morgan fingerprint density at radius 2 is 2.07 bits per heavy atom. The summed E-state index contributed by atoms with van der Waals surface area (Å²) in [5.41, 5.74) is 1.82. The number of carbonyl (C=O) groups excluding carboxylic acids is 1. The molecule has 0 aliphatic carbocycles. The fourth-order valence-electron chi connectivity index (χ4n) is 3.28. The van der Waals surface area contributed by atoms with Crippen molar-refractivity contribution in [3.8, 4) is 5.75 Å². The number of carbonyl (C=O) groups is 1. The molecule has 1 aliphatic heterocycles. The van der Waals surface area contributed by atoms with E-state index in [0.717, 1.165) is 25.2 Å². The van der Waals surface area contributed by atoms with Crippen LogP contribution in [0.25, 0.3) is 5.65 Å². The minimum atomic E-state index is -0.139. The Kier molecular flexibility index (Phi) is 5.31. The molecule has 28 heavy (non-hydrogen) atoms. The Labute approximate surface area is 167 Å². The van der Waals surface area contributed by atoms with Gasteiger partial charge in [0.2, 0.25) is 0 Å². The van der Waals surface area contributed by atoms with E-state index < -0.39 is 0 Å². The van der Waals surface area contributed by atoms with Crippen LogP contribution in [0.2, 0.25) is 5.02 Å². The van der Waals surface area contributed by atoms with Crippen molar-refractivity contribution >= 4 is 29.1 Å². The van der Waals surface area contributed by atoms with Crippen molar-refractivity contribution in [3.05, 3.63) is 53.3 Å². The summed E-state index contributed by atoms with van der Waals surface area (Å²) >= 11 is 6.20. The van der Waals surface area contributed by atoms with Gasteiger partial charge < -0.3 is 9.64 Å². The van der Waals surface area contributed by atoms with Crippen molar-refractivity contribution in [1.29, 1.82) is 0 Å². The quantitative estimate of drug-likeness (QED) is 0.728. The lowest BCUT2D eigenvalue weighted by atomic mass is 10.2. The summed E-state index contributed by atoms with van der Waals surface area (Å²) in [6.07, 6.45) is 3.28. The molecule has 0 unspecified atom stereocenters. The van der Waals surface area contributed by atoms with Gasteiger partial charge in [0, 0.05) is 38.9 Å². The molecular formula is C19H21ClN6O2. The van der Waals surface area contributed by atoms with Gasteiger partial charge in [0.15, 0.2) is 11.5 Å². The van der Waals surface area contributed by atoms with E-state index in [1.165, 1.54) is 0 Å². The highest BCUT2D eigenvalue weighted by Gasteiger charge is 2.22. The number of halogens is 1. The van der Waals surface area contributed by atoms with Crippen LogP contribution in [-0.4, -0.2) is 63.7 Å². The Hall–Kier alpha value is -2.84. The topological polar surface area (TPSA) is 75.0 Å². The maximum Gasteiger partial charge on any atom is 0.323 e. The predicted octanol–water partition coefficient (Wildman–Crippen LogP) is 2.74. The number of hydrogen-bond acceptors (Lipinski definition) is 5. The zero-order valence-corrected chi connectivity index (χ0v) is 16.3. The van der Waals surface area contributed by atoms with Gasteiger partial charge >= 0.3 is 6.03 Å². The number of fused-ring (bicyclic) bond motifs is 1. The van der Waals surface area contributed by atoms with Crippen LogP contribution in [0.5, 0.6) is 5.75 Å². The van der Waals surface area contributed by atoms with E-state index in [0.29, 0.717) is 35.3 Å². The highest BCUT2D eigenvalue weighted by molar-refractivity contribution is 6.32. The minimum Gasteiger partial charge on any atom is -0.495 e. The number of nitrogens with zero attached hydrogens (tertiary/aromatic N) is 5. The average molecular weight is 401 g/mol. The standard InChI is InChI=1S/C19H21ClN6O2/c1-28-16-5-4-14(11-15(16)20)13-24-7-9-25(10-8-24)19(27)23-18-12-21-17-3-2-6-22-26(17)18/h2-6,11-12H,7-10,13H2,1H3,(H,23,27). The summed E-state index contributed by atoms with van der Waals surface area (Å²) in [7, 11) is 1.61. The number of nitrogens with one attached hydrogen (secondary N) is 1. The molecule has 1 N–H and O–H groups in total.